The van der Waals surface area contributed by atoms with Gasteiger partial charge in [0.1, 0.15) is 0 Å². The van der Waals surface area contributed by atoms with Crippen LogP contribution in [0.5, 0.6) is 0 Å². The fourth-order valence-corrected chi connectivity index (χ4v) is 2.52. The summed E-state index contributed by atoms with van der Waals surface area (Å²) in [4.78, 5) is 14.2. The van der Waals surface area contributed by atoms with E-state index in [1.54, 1.807) is 18.7 Å². The Morgan fingerprint density at radius 3 is 2.24 bits per heavy atom. The second kappa shape index (κ2) is 4.13. The molecule has 98 valence electrons. The van der Waals surface area contributed by atoms with Crippen molar-refractivity contribution in [3.8, 4) is 0 Å². The molecule has 0 unspecified atom stereocenters. The highest BCUT2D eigenvalue weighted by Gasteiger charge is 2.38. The number of aliphatic hydroxyl groups is 1. The SMILES string of the molecule is CC(C)(O)CC(C)(C)C(=O)N1C=CC(C)(C)C1. The average molecular weight is 239 g/mol. The smallest absolute Gasteiger partial charge is 0.232 e. The predicted molar refractivity (Wildman–Crippen MR) is 69.3 cm³/mol. The van der Waals surface area contributed by atoms with E-state index in [0.717, 1.165) is 6.54 Å². The topological polar surface area (TPSA) is 40.5 Å². The fourth-order valence-electron chi connectivity index (χ4n) is 2.52. The number of hydrogen-bond acceptors (Lipinski definition) is 2. The van der Waals surface area contributed by atoms with Crippen LogP contribution in [0.1, 0.15) is 48.0 Å². The molecule has 1 rings (SSSR count). The number of carbonyl (C=O) groups excluding carboxylic acids is 1. The largest absolute Gasteiger partial charge is 0.390 e. The molecular formula is C14H25NO2. The van der Waals surface area contributed by atoms with E-state index >= 15 is 0 Å². The molecule has 0 bridgehead atoms. The Kier molecular flexibility index (Phi) is 3.45. The second-order valence-electron chi connectivity index (χ2n) is 7.11. The van der Waals surface area contributed by atoms with Crippen LogP contribution in [0.15, 0.2) is 12.3 Å². The molecule has 0 aliphatic carbocycles. The molecule has 1 aliphatic heterocycles. The molecule has 0 aromatic carbocycles. The molecule has 3 nitrogen and oxygen atoms in total. The summed E-state index contributed by atoms with van der Waals surface area (Å²) in [6.07, 6.45) is 4.39. The van der Waals surface area contributed by atoms with Crippen LogP contribution in [0.4, 0.5) is 0 Å². The monoisotopic (exact) mass is 239 g/mol. The van der Waals surface area contributed by atoms with Crippen molar-refractivity contribution in [3.63, 3.8) is 0 Å². The Hall–Kier alpha value is -0.830. The quantitative estimate of drug-likeness (QED) is 0.822. The van der Waals surface area contributed by atoms with Crippen molar-refractivity contribution < 1.29 is 9.90 Å². The minimum absolute atomic E-state index is 0.0560. The molecule has 0 saturated heterocycles. The van der Waals surface area contributed by atoms with Crippen LogP contribution in [0.2, 0.25) is 0 Å². The molecule has 17 heavy (non-hydrogen) atoms. The molecular weight excluding hydrogens is 214 g/mol. The zero-order valence-electron chi connectivity index (χ0n) is 11.9. The van der Waals surface area contributed by atoms with Gasteiger partial charge in [0, 0.05) is 23.6 Å². The molecule has 0 radical (unpaired) electrons. The number of carbonyl (C=O) groups is 1. The van der Waals surface area contributed by atoms with Gasteiger partial charge in [-0.25, -0.2) is 0 Å². The van der Waals surface area contributed by atoms with Gasteiger partial charge in [0.25, 0.3) is 0 Å². The first-order valence-corrected chi connectivity index (χ1v) is 6.16. The van der Waals surface area contributed by atoms with Gasteiger partial charge in [-0.1, -0.05) is 33.8 Å². The zero-order valence-corrected chi connectivity index (χ0v) is 11.9. The van der Waals surface area contributed by atoms with E-state index in [4.69, 9.17) is 0 Å². The van der Waals surface area contributed by atoms with Crippen molar-refractivity contribution in [2.45, 2.75) is 53.6 Å². The van der Waals surface area contributed by atoms with Gasteiger partial charge in [-0.15, -0.1) is 0 Å². The minimum Gasteiger partial charge on any atom is -0.390 e. The van der Waals surface area contributed by atoms with E-state index in [2.05, 4.69) is 19.9 Å². The van der Waals surface area contributed by atoms with Crippen LogP contribution in [-0.4, -0.2) is 28.1 Å². The molecule has 0 spiro atoms. The molecule has 1 heterocycles. The van der Waals surface area contributed by atoms with Crippen LogP contribution >= 0.6 is 0 Å². The Labute approximate surface area is 105 Å². The Balaban J connectivity index is 2.74. The second-order valence-corrected chi connectivity index (χ2v) is 7.11. The van der Waals surface area contributed by atoms with Crippen LogP contribution in [0.3, 0.4) is 0 Å². The van der Waals surface area contributed by atoms with E-state index in [1.807, 2.05) is 20.0 Å². The van der Waals surface area contributed by atoms with Gasteiger partial charge in [-0.3, -0.25) is 4.79 Å². The van der Waals surface area contributed by atoms with Gasteiger partial charge in [0.15, 0.2) is 0 Å². The van der Waals surface area contributed by atoms with Crippen LogP contribution in [0.25, 0.3) is 0 Å². The summed E-state index contributed by atoms with van der Waals surface area (Å²) in [7, 11) is 0. The van der Waals surface area contributed by atoms with Crippen LogP contribution < -0.4 is 0 Å². The van der Waals surface area contributed by atoms with Crippen molar-refractivity contribution in [2.24, 2.45) is 10.8 Å². The van der Waals surface area contributed by atoms with Gasteiger partial charge >= 0.3 is 0 Å². The summed E-state index contributed by atoms with van der Waals surface area (Å²) >= 11 is 0. The first kappa shape index (κ1) is 14.2. The first-order valence-electron chi connectivity index (χ1n) is 6.16. The molecule has 0 aromatic rings. The minimum atomic E-state index is -0.821. The highest BCUT2D eigenvalue weighted by molar-refractivity contribution is 5.83. The van der Waals surface area contributed by atoms with Crippen LogP contribution in [0, 0.1) is 10.8 Å². The van der Waals surface area contributed by atoms with Crippen molar-refractivity contribution in [1.29, 1.82) is 0 Å². The molecule has 1 aliphatic rings. The Bertz CT molecular complexity index is 335. The normalized spacial score (nSPS) is 19.8. The molecule has 0 fully saturated rings. The van der Waals surface area contributed by atoms with Gasteiger partial charge in [-0.05, 0) is 20.3 Å². The van der Waals surface area contributed by atoms with Gasteiger partial charge < -0.3 is 10.0 Å². The third-order valence-electron chi connectivity index (χ3n) is 3.00. The third kappa shape index (κ3) is 3.84. The Morgan fingerprint density at radius 1 is 1.35 bits per heavy atom. The molecule has 0 aromatic heterocycles. The molecule has 3 heteroatoms. The van der Waals surface area contributed by atoms with E-state index in [0.29, 0.717) is 6.42 Å². The van der Waals surface area contributed by atoms with E-state index in [-0.39, 0.29) is 11.3 Å². The summed E-state index contributed by atoms with van der Waals surface area (Å²) in [6, 6.07) is 0. The average Bonchev–Trinajstić information content (AvgIpc) is 2.40. The predicted octanol–water partition coefficient (Wildman–Crippen LogP) is 2.56. The number of amides is 1. The number of rotatable bonds is 3. The highest BCUT2D eigenvalue weighted by Crippen LogP contribution is 2.34. The molecule has 1 amide bonds. The molecule has 0 saturated carbocycles. The lowest BCUT2D eigenvalue weighted by Gasteiger charge is -2.33. The molecule has 1 N–H and O–H groups in total. The van der Waals surface area contributed by atoms with Crippen molar-refractivity contribution in [3.05, 3.63) is 12.3 Å². The summed E-state index contributed by atoms with van der Waals surface area (Å²) in [5, 5.41) is 9.86. The van der Waals surface area contributed by atoms with Crippen molar-refractivity contribution >= 4 is 5.91 Å². The summed E-state index contributed by atoms with van der Waals surface area (Å²) in [5.74, 6) is 0.0847. The lowest BCUT2D eigenvalue weighted by molar-refractivity contribution is -0.141. The highest BCUT2D eigenvalue weighted by atomic mass is 16.3. The van der Waals surface area contributed by atoms with Gasteiger partial charge in [0.2, 0.25) is 5.91 Å². The maximum absolute atomic E-state index is 12.4. The van der Waals surface area contributed by atoms with Crippen molar-refractivity contribution in [1.82, 2.24) is 4.90 Å². The summed E-state index contributed by atoms with van der Waals surface area (Å²) in [5.41, 5.74) is -1.30. The van der Waals surface area contributed by atoms with Crippen LogP contribution in [-0.2, 0) is 4.79 Å². The fraction of sp³-hybridized carbons (Fsp3) is 0.786. The number of hydrogen-bond donors (Lipinski definition) is 1. The van der Waals surface area contributed by atoms with Gasteiger partial charge in [-0.2, -0.15) is 0 Å². The summed E-state index contributed by atoms with van der Waals surface area (Å²) in [6.45, 7) is 12.2. The van der Waals surface area contributed by atoms with Crippen molar-refractivity contribution in [2.75, 3.05) is 6.54 Å². The number of nitrogens with zero attached hydrogens (tertiary/aromatic N) is 1. The summed E-state index contributed by atoms with van der Waals surface area (Å²) < 4.78 is 0. The third-order valence-corrected chi connectivity index (χ3v) is 3.00. The Morgan fingerprint density at radius 2 is 1.88 bits per heavy atom. The lowest BCUT2D eigenvalue weighted by atomic mass is 9.80. The maximum atomic E-state index is 12.4. The van der Waals surface area contributed by atoms with E-state index in [9.17, 15) is 9.90 Å². The molecule has 0 atom stereocenters. The maximum Gasteiger partial charge on any atom is 0.232 e. The lowest BCUT2D eigenvalue weighted by Crippen LogP contribution is -2.42. The van der Waals surface area contributed by atoms with E-state index < -0.39 is 11.0 Å². The first-order chi connectivity index (χ1) is 7.43. The van der Waals surface area contributed by atoms with E-state index in [1.165, 1.54) is 0 Å². The van der Waals surface area contributed by atoms with Gasteiger partial charge in [0.05, 0.1) is 5.60 Å². The zero-order chi connectivity index (χ0) is 13.5. The standard InChI is InChI=1S/C14H25NO2/c1-12(2)7-8-15(10-12)11(16)13(3,4)9-14(5,6)17/h7-8,17H,9-10H2,1-6H3.